The lowest BCUT2D eigenvalue weighted by Gasteiger charge is -2.17. The molecule has 0 aliphatic carbocycles. The fourth-order valence-electron chi connectivity index (χ4n) is 1.85. The van der Waals surface area contributed by atoms with Gasteiger partial charge in [0.25, 0.3) is 5.91 Å². The second-order valence-corrected chi connectivity index (χ2v) is 5.39. The molecular weight excluding hydrogens is 308 g/mol. The smallest absolute Gasteiger partial charge is 0.253 e. The first-order chi connectivity index (χ1) is 8.99. The van der Waals surface area contributed by atoms with Crippen LogP contribution in [-0.4, -0.2) is 23.0 Å². The fourth-order valence-corrected chi connectivity index (χ4v) is 2.11. The summed E-state index contributed by atoms with van der Waals surface area (Å²) in [6.07, 6.45) is 0. The summed E-state index contributed by atoms with van der Waals surface area (Å²) in [6.45, 7) is 4.23. The molecule has 19 heavy (non-hydrogen) atoms. The minimum Gasteiger partial charge on any atom is -0.361 e. The van der Waals surface area contributed by atoms with Crippen molar-refractivity contribution in [3.63, 3.8) is 0 Å². The standard InChI is InChI=1S/C14H15BrN2O2/c1-9-13(10(2)19-16-9)8-17(3)14(18)11-4-6-12(15)7-5-11/h4-7H,8H2,1-3H3. The zero-order chi connectivity index (χ0) is 14.0. The van der Waals surface area contributed by atoms with E-state index in [-0.39, 0.29) is 5.91 Å². The number of hydrogen-bond acceptors (Lipinski definition) is 3. The Kier molecular flexibility index (Phi) is 4.04. The summed E-state index contributed by atoms with van der Waals surface area (Å²) in [4.78, 5) is 13.9. The van der Waals surface area contributed by atoms with Crippen LogP contribution in [0.1, 0.15) is 27.4 Å². The van der Waals surface area contributed by atoms with Crippen LogP contribution in [0.5, 0.6) is 0 Å². The van der Waals surface area contributed by atoms with Gasteiger partial charge in [0.2, 0.25) is 0 Å². The van der Waals surface area contributed by atoms with Crippen molar-refractivity contribution >= 4 is 21.8 Å². The van der Waals surface area contributed by atoms with Gasteiger partial charge in [0.15, 0.2) is 0 Å². The third-order valence-electron chi connectivity index (χ3n) is 3.01. The lowest BCUT2D eigenvalue weighted by Crippen LogP contribution is -2.26. The molecule has 100 valence electrons. The van der Waals surface area contributed by atoms with Crippen molar-refractivity contribution in [1.29, 1.82) is 0 Å². The minimum absolute atomic E-state index is 0.0208. The molecule has 0 N–H and O–H groups in total. The van der Waals surface area contributed by atoms with Gasteiger partial charge in [-0.2, -0.15) is 0 Å². The lowest BCUT2D eigenvalue weighted by molar-refractivity contribution is 0.0784. The number of rotatable bonds is 3. The van der Waals surface area contributed by atoms with Gasteiger partial charge in [0.1, 0.15) is 5.76 Å². The van der Waals surface area contributed by atoms with Gasteiger partial charge in [-0.25, -0.2) is 0 Å². The van der Waals surface area contributed by atoms with E-state index in [9.17, 15) is 4.79 Å². The average molecular weight is 323 g/mol. The monoisotopic (exact) mass is 322 g/mol. The van der Waals surface area contributed by atoms with Crippen LogP contribution in [0.2, 0.25) is 0 Å². The predicted molar refractivity (Wildman–Crippen MR) is 75.9 cm³/mol. The number of amides is 1. The molecular formula is C14H15BrN2O2. The third-order valence-corrected chi connectivity index (χ3v) is 3.54. The first-order valence-corrected chi connectivity index (χ1v) is 6.71. The van der Waals surface area contributed by atoms with Crippen LogP contribution >= 0.6 is 15.9 Å². The van der Waals surface area contributed by atoms with Gasteiger partial charge in [-0.3, -0.25) is 4.79 Å². The second-order valence-electron chi connectivity index (χ2n) is 4.47. The lowest BCUT2D eigenvalue weighted by atomic mass is 10.1. The Labute approximate surface area is 120 Å². The maximum Gasteiger partial charge on any atom is 0.253 e. The Morgan fingerprint density at radius 1 is 1.32 bits per heavy atom. The summed E-state index contributed by atoms with van der Waals surface area (Å²) in [5.74, 6) is 0.737. The highest BCUT2D eigenvalue weighted by atomic mass is 79.9. The zero-order valence-electron chi connectivity index (χ0n) is 11.1. The summed E-state index contributed by atoms with van der Waals surface area (Å²) in [6, 6.07) is 7.32. The van der Waals surface area contributed by atoms with Crippen molar-refractivity contribution in [1.82, 2.24) is 10.1 Å². The van der Waals surface area contributed by atoms with E-state index in [0.717, 1.165) is 21.5 Å². The van der Waals surface area contributed by atoms with Crippen LogP contribution in [-0.2, 0) is 6.54 Å². The van der Waals surface area contributed by atoms with E-state index in [1.807, 2.05) is 26.0 Å². The van der Waals surface area contributed by atoms with Gasteiger partial charge in [-0.05, 0) is 38.1 Å². The highest BCUT2D eigenvalue weighted by Gasteiger charge is 2.16. The largest absolute Gasteiger partial charge is 0.361 e. The molecule has 1 aromatic heterocycles. The summed E-state index contributed by atoms with van der Waals surface area (Å²) in [7, 11) is 1.77. The Morgan fingerprint density at radius 2 is 1.95 bits per heavy atom. The molecule has 5 heteroatoms. The van der Waals surface area contributed by atoms with Crippen LogP contribution in [0.15, 0.2) is 33.3 Å². The van der Waals surface area contributed by atoms with Crippen molar-refractivity contribution < 1.29 is 9.32 Å². The van der Waals surface area contributed by atoms with E-state index in [1.54, 1.807) is 24.1 Å². The molecule has 1 aromatic carbocycles. The van der Waals surface area contributed by atoms with Crippen molar-refractivity contribution in [2.24, 2.45) is 0 Å². The Bertz CT molecular complexity index is 570. The van der Waals surface area contributed by atoms with E-state index in [4.69, 9.17) is 4.52 Å². The topological polar surface area (TPSA) is 46.3 Å². The number of benzene rings is 1. The number of carbonyl (C=O) groups excluding carboxylic acids is 1. The van der Waals surface area contributed by atoms with Crippen LogP contribution < -0.4 is 0 Å². The zero-order valence-corrected chi connectivity index (χ0v) is 12.7. The van der Waals surface area contributed by atoms with Gasteiger partial charge in [0.05, 0.1) is 12.2 Å². The normalized spacial score (nSPS) is 10.5. The molecule has 0 atom stereocenters. The molecule has 4 nitrogen and oxygen atoms in total. The van der Waals surface area contributed by atoms with Gasteiger partial charge >= 0.3 is 0 Å². The Balaban J connectivity index is 2.14. The van der Waals surface area contributed by atoms with Crippen molar-refractivity contribution in [2.45, 2.75) is 20.4 Å². The van der Waals surface area contributed by atoms with E-state index in [0.29, 0.717) is 12.1 Å². The molecule has 0 radical (unpaired) electrons. The van der Waals surface area contributed by atoms with Crippen LogP contribution in [0.25, 0.3) is 0 Å². The second kappa shape index (κ2) is 5.57. The number of nitrogens with zero attached hydrogens (tertiary/aromatic N) is 2. The number of aromatic nitrogens is 1. The van der Waals surface area contributed by atoms with Crippen molar-refractivity contribution in [3.05, 3.63) is 51.3 Å². The number of halogens is 1. The molecule has 2 aromatic rings. The van der Waals surface area contributed by atoms with Crippen LogP contribution in [0.4, 0.5) is 0 Å². The quantitative estimate of drug-likeness (QED) is 0.870. The Hall–Kier alpha value is -1.62. The molecule has 0 aliphatic rings. The molecule has 0 aliphatic heterocycles. The van der Waals surface area contributed by atoms with Crippen molar-refractivity contribution in [2.75, 3.05) is 7.05 Å². The van der Waals surface area contributed by atoms with Crippen LogP contribution in [0, 0.1) is 13.8 Å². The molecule has 0 bridgehead atoms. The van der Waals surface area contributed by atoms with E-state index in [2.05, 4.69) is 21.1 Å². The summed E-state index contributed by atoms with van der Waals surface area (Å²) < 4.78 is 6.06. The minimum atomic E-state index is -0.0208. The molecule has 0 saturated carbocycles. The highest BCUT2D eigenvalue weighted by Crippen LogP contribution is 2.17. The van der Waals surface area contributed by atoms with E-state index in [1.165, 1.54) is 0 Å². The maximum absolute atomic E-state index is 12.3. The van der Waals surface area contributed by atoms with Gasteiger partial charge < -0.3 is 9.42 Å². The molecule has 1 heterocycles. The SMILES string of the molecule is Cc1noc(C)c1CN(C)C(=O)c1ccc(Br)cc1. The fraction of sp³-hybridized carbons (Fsp3) is 0.286. The van der Waals surface area contributed by atoms with E-state index < -0.39 is 0 Å². The Morgan fingerprint density at radius 3 is 2.47 bits per heavy atom. The van der Waals surface area contributed by atoms with E-state index >= 15 is 0 Å². The third kappa shape index (κ3) is 3.04. The molecule has 0 saturated heterocycles. The first kappa shape index (κ1) is 13.8. The molecule has 0 unspecified atom stereocenters. The van der Waals surface area contributed by atoms with Crippen LogP contribution in [0.3, 0.4) is 0 Å². The molecule has 0 spiro atoms. The summed E-state index contributed by atoms with van der Waals surface area (Å²) >= 11 is 3.35. The highest BCUT2D eigenvalue weighted by molar-refractivity contribution is 9.10. The van der Waals surface area contributed by atoms with Crippen molar-refractivity contribution in [3.8, 4) is 0 Å². The van der Waals surface area contributed by atoms with Gasteiger partial charge in [-0.1, -0.05) is 21.1 Å². The maximum atomic E-state index is 12.3. The van der Waals surface area contributed by atoms with Gasteiger partial charge in [0, 0.05) is 22.6 Å². The first-order valence-electron chi connectivity index (χ1n) is 5.92. The number of aryl methyl sites for hydroxylation is 2. The summed E-state index contributed by atoms with van der Waals surface area (Å²) in [5.41, 5.74) is 2.46. The molecule has 1 amide bonds. The number of hydrogen-bond donors (Lipinski definition) is 0. The number of carbonyl (C=O) groups is 1. The predicted octanol–water partition coefficient (Wildman–Crippen LogP) is 3.33. The summed E-state index contributed by atoms with van der Waals surface area (Å²) in [5, 5.41) is 3.89. The molecule has 2 rings (SSSR count). The average Bonchev–Trinajstić information content (AvgIpc) is 2.70. The van der Waals surface area contributed by atoms with Gasteiger partial charge in [-0.15, -0.1) is 0 Å². The molecule has 0 fully saturated rings.